The quantitative estimate of drug-likeness (QED) is 0.322. The smallest absolute Gasteiger partial charge is 0.410 e. The predicted molar refractivity (Wildman–Crippen MR) is 146 cm³/mol. The van der Waals surface area contributed by atoms with Gasteiger partial charge in [0.1, 0.15) is 16.9 Å². The van der Waals surface area contributed by atoms with Gasteiger partial charge in [0.25, 0.3) is 0 Å². The molecule has 37 heavy (non-hydrogen) atoms. The summed E-state index contributed by atoms with van der Waals surface area (Å²) in [6, 6.07) is 14.5. The third-order valence-corrected chi connectivity index (χ3v) is 6.64. The van der Waals surface area contributed by atoms with Crippen molar-refractivity contribution in [3.8, 4) is 11.5 Å². The summed E-state index contributed by atoms with van der Waals surface area (Å²) in [6.07, 6.45) is -0.283. The highest BCUT2D eigenvalue weighted by molar-refractivity contribution is 9.10. The largest absolute Gasteiger partial charge is 0.454 e. The Morgan fingerprint density at radius 3 is 2.43 bits per heavy atom. The molecular formula is C27H27BrN4O5. The summed E-state index contributed by atoms with van der Waals surface area (Å²) in [5.41, 5.74) is 7.25. The molecule has 3 heterocycles. The molecule has 1 saturated heterocycles. The predicted octanol–water partition coefficient (Wildman–Crippen LogP) is 5.54. The van der Waals surface area contributed by atoms with Crippen molar-refractivity contribution in [1.29, 1.82) is 0 Å². The van der Waals surface area contributed by atoms with Crippen LogP contribution in [0.3, 0.4) is 0 Å². The summed E-state index contributed by atoms with van der Waals surface area (Å²) in [6.45, 7) is 8.16. The Kier molecular flexibility index (Phi) is 6.45. The number of anilines is 2. The van der Waals surface area contributed by atoms with Gasteiger partial charge in [-0.2, -0.15) is 0 Å². The first-order chi connectivity index (χ1) is 17.6. The average molecular weight is 567 g/mol. The number of benzene rings is 2. The first-order valence-corrected chi connectivity index (χ1v) is 12.7. The molecule has 0 atom stereocenters. The van der Waals surface area contributed by atoms with Crippen LogP contribution in [0.4, 0.5) is 16.3 Å². The third-order valence-electron chi connectivity index (χ3n) is 5.98. The van der Waals surface area contributed by atoms with Crippen molar-refractivity contribution in [1.82, 2.24) is 9.88 Å². The van der Waals surface area contributed by atoms with Gasteiger partial charge in [0.2, 0.25) is 5.43 Å². The molecule has 0 saturated carbocycles. The molecule has 4 aromatic rings. The fourth-order valence-electron chi connectivity index (χ4n) is 4.19. The van der Waals surface area contributed by atoms with Crippen LogP contribution >= 0.6 is 15.9 Å². The second kappa shape index (κ2) is 9.59. The van der Waals surface area contributed by atoms with Crippen LogP contribution in [0.25, 0.3) is 22.1 Å². The van der Waals surface area contributed by atoms with Gasteiger partial charge in [-0.3, -0.25) is 4.79 Å². The molecule has 2 N–H and O–H groups in total. The van der Waals surface area contributed by atoms with E-state index in [-0.39, 0.29) is 22.9 Å². The zero-order valence-electron chi connectivity index (χ0n) is 20.8. The second-order valence-electron chi connectivity index (χ2n) is 9.81. The van der Waals surface area contributed by atoms with Gasteiger partial charge in [0.15, 0.2) is 22.7 Å². The van der Waals surface area contributed by atoms with Crippen molar-refractivity contribution in [3.63, 3.8) is 0 Å². The van der Waals surface area contributed by atoms with Crippen LogP contribution in [-0.2, 0) is 4.74 Å². The molecule has 9 nitrogen and oxygen atoms in total. The van der Waals surface area contributed by atoms with Crippen LogP contribution in [-0.4, -0.2) is 47.8 Å². The Labute approximate surface area is 221 Å². The minimum atomic E-state index is -0.510. The van der Waals surface area contributed by atoms with Crippen molar-refractivity contribution >= 4 is 55.6 Å². The number of hydrogen-bond acceptors (Lipinski definition) is 8. The van der Waals surface area contributed by atoms with E-state index in [1.54, 1.807) is 29.2 Å². The number of pyridine rings is 1. The van der Waals surface area contributed by atoms with E-state index in [9.17, 15) is 9.59 Å². The molecule has 2 aromatic heterocycles. The van der Waals surface area contributed by atoms with Crippen LogP contribution in [0.5, 0.6) is 11.5 Å². The van der Waals surface area contributed by atoms with E-state index in [0.717, 1.165) is 5.69 Å². The maximum absolute atomic E-state index is 13.0. The molecule has 192 valence electrons. The lowest BCUT2D eigenvalue weighted by Crippen LogP contribution is -2.50. The fraction of sp³-hybridized carbons (Fsp3) is 0.296. The Hall–Kier alpha value is -3.79. The molecule has 10 heteroatoms. The standard InChI is InChI=1S/C27H27BrN4O5/c1-27(2,3)37-26(34)32-13-11-31(12-14-32)16-7-9-17(10-8-16)35-21-15-20-23(30-25(21)29)24(33)22-18(28)5-4-6-19(22)36-20/h4-10,15H,11-14H2,1-3H3,(H2,29,30). The van der Waals surface area contributed by atoms with Crippen LogP contribution in [0.15, 0.2) is 62.2 Å². The molecule has 0 aliphatic carbocycles. The lowest BCUT2D eigenvalue weighted by atomic mass is 10.2. The molecule has 0 spiro atoms. The molecule has 1 fully saturated rings. The van der Waals surface area contributed by atoms with E-state index < -0.39 is 5.60 Å². The molecule has 1 aliphatic rings. The van der Waals surface area contributed by atoms with Crippen LogP contribution in [0.2, 0.25) is 0 Å². The summed E-state index contributed by atoms with van der Waals surface area (Å²) in [5, 5.41) is 0.415. The minimum absolute atomic E-state index is 0.0912. The third kappa shape index (κ3) is 5.20. The first-order valence-electron chi connectivity index (χ1n) is 11.9. The molecule has 0 bridgehead atoms. The lowest BCUT2D eigenvalue weighted by molar-refractivity contribution is 0.0240. The summed E-state index contributed by atoms with van der Waals surface area (Å²) >= 11 is 3.39. The van der Waals surface area contributed by atoms with E-state index in [2.05, 4.69) is 25.8 Å². The van der Waals surface area contributed by atoms with Gasteiger partial charge in [0.05, 0.1) is 5.39 Å². The number of nitrogens with two attached hydrogens (primary N) is 1. The van der Waals surface area contributed by atoms with Gasteiger partial charge in [-0.05, 0) is 73.1 Å². The van der Waals surface area contributed by atoms with Gasteiger partial charge in [-0.25, -0.2) is 9.78 Å². The minimum Gasteiger partial charge on any atom is -0.454 e. The normalized spacial score (nSPS) is 14.3. The number of nitrogens with zero attached hydrogens (tertiary/aromatic N) is 3. The van der Waals surface area contributed by atoms with E-state index in [1.807, 2.05) is 45.0 Å². The Morgan fingerprint density at radius 2 is 1.76 bits per heavy atom. The maximum atomic E-state index is 13.0. The van der Waals surface area contributed by atoms with Gasteiger partial charge in [0, 0.05) is 42.4 Å². The van der Waals surface area contributed by atoms with E-state index in [0.29, 0.717) is 58.7 Å². The average Bonchev–Trinajstić information content (AvgIpc) is 2.85. The summed E-state index contributed by atoms with van der Waals surface area (Å²) in [7, 11) is 0. The lowest BCUT2D eigenvalue weighted by Gasteiger charge is -2.36. The number of hydrogen-bond donors (Lipinski definition) is 1. The Balaban J connectivity index is 1.30. The SMILES string of the molecule is CC(C)(C)OC(=O)N1CCN(c2ccc(Oc3cc4oc5cccc(Br)c5c(=O)c4nc3N)cc2)CC1. The number of fused-ring (bicyclic) bond motifs is 2. The molecule has 5 rings (SSSR count). The van der Waals surface area contributed by atoms with E-state index >= 15 is 0 Å². The number of halogens is 1. The fourth-order valence-corrected chi connectivity index (χ4v) is 4.71. The summed E-state index contributed by atoms with van der Waals surface area (Å²) in [5.74, 6) is 0.951. The topological polar surface area (TPSA) is 111 Å². The summed E-state index contributed by atoms with van der Waals surface area (Å²) in [4.78, 5) is 33.5. The van der Waals surface area contributed by atoms with Crippen molar-refractivity contribution < 1.29 is 18.7 Å². The van der Waals surface area contributed by atoms with Gasteiger partial charge < -0.3 is 29.4 Å². The van der Waals surface area contributed by atoms with Crippen LogP contribution < -0.4 is 20.8 Å². The zero-order chi connectivity index (χ0) is 26.3. The molecule has 0 unspecified atom stereocenters. The number of carbonyl (C=O) groups is 1. The highest BCUT2D eigenvalue weighted by Gasteiger charge is 2.26. The highest BCUT2D eigenvalue weighted by atomic mass is 79.9. The number of carbonyl (C=O) groups excluding carboxylic acids is 1. The number of rotatable bonds is 3. The molecular weight excluding hydrogens is 540 g/mol. The number of piperazine rings is 1. The van der Waals surface area contributed by atoms with E-state index in [4.69, 9.17) is 19.6 Å². The second-order valence-corrected chi connectivity index (χ2v) is 10.7. The van der Waals surface area contributed by atoms with Crippen LogP contribution in [0, 0.1) is 0 Å². The van der Waals surface area contributed by atoms with Crippen molar-refractivity contribution in [2.45, 2.75) is 26.4 Å². The Morgan fingerprint density at radius 1 is 1.05 bits per heavy atom. The monoisotopic (exact) mass is 566 g/mol. The summed E-state index contributed by atoms with van der Waals surface area (Å²) < 4.78 is 18.0. The number of nitrogen functional groups attached to an aromatic ring is 1. The van der Waals surface area contributed by atoms with Crippen LogP contribution in [0.1, 0.15) is 20.8 Å². The van der Waals surface area contributed by atoms with E-state index in [1.165, 1.54) is 0 Å². The Bertz CT molecular complexity index is 1540. The molecule has 1 aliphatic heterocycles. The van der Waals surface area contributed by atoms with Crippen molar-refractivity contribution in [3.05, 3.63) is 63.2 Å². The molecule has 2 aromatic carbocycles. The number of aromatic nitrogens is 1. The molecule has 0 radical (unpaired) electrons. The number of amides is 1. The maximum Gasteiger partial charge on any atom is 0.410 e. The van der Waals surface area contributed by atoms with Gasteiger partial charge in [-0.1, -0.05) is 6.07 Å². The van der Waals surface area contributed by atoms with Crippen molar-refractivity contribution in [2.24, 2.45) is 0 Å². The van der Waals surface area contributed by atoms with Gasteiger partial charge in [-0.15, -0.1) is 0 Å². The van der Waals surface area contributed by atoms with Crippen molar-refractivity contribution in [2.75, 3.05) is 36.8 Å². The zero-order valence-corrected chi connectivity index (χ0v) is 22.4. The highest BCUT2D eigenvalue weighted by Crippen LogP contribution is 2.32. The van der Waals surface area contributed by atoms with Gasteiger partial charge >= 0.3 is 6.09 Å². The molecule has 1 amide bonds. The first kappa shape index (κ1) is 24.9. The number of ether oxygens (including phenoxy) is 2.